The average Bonchev–Trinajstić information content (AvgIpc) is 3.65. The van der Waals surface area contributed by atoms with Crippen LogP contribution in [-0.4, -0.2) is 37.5 Å². The second-order valence-electron chi connectivity index (χ2n) is 8.03. The number of imidazole rings is 1. The number of carbonyl (C=O) groups excluding carboxylic acids is 1. The molecule has 36 heavy (non-hydrogen) atoms. The van der Waals surface area contributed by atoms with E-state index < -0.39 is 0 Å². The van der Waals surface area contributed by atoms with Crippen molar-refractivity contribution in [2.75, 3.05) is 7.11 Å². The summed E-state index contributed by atoms with van der Waals surface area (Å²) in [5.41, 5.74) is 4.04. The topological polar surface area (TPSA) is 91.5 Å². The first kappa shape index (κ1) is 22.8. The number of benzene rings is 2. The number of nitrogens with zero attached hydrogens (tertiary/aromatic N) is 5. The Morgan fingerprint density at radius 3 is 2.64 bits per heavy atom. The molecule has 0 atom stereocenters. The quantitative estimate of drug-likeness (QED) is 0.223. The molecular weight excluding hydrogens is 515 g/mol. The Morgan fingerprint density at radius 2 is 1.89 bits per heavy atom. The van der Waals surface area contributed by atoms with Gasteiger partial charge in [0.15, 0.2) is 5.78 Å². The van der Waals surface area contributed by atoms with Crippen molar-refractivity contribution < 1.29 is 14.3 Å². The SMILES string of the molecule is COc1cc(OCc2csc(-c3ccc(C(C)=O)cc3)n2)c2sc(-c3cn4nc(C)sc4n3)nc2c1. The van der Waals surface area contributed by atoms with Gasteiger partial charge in [0.05, 0.1) is 29.2 Å². The number of fused-ring (bicyclic) bond motifs is 2. The summed E-state index contributed by atoms with van der Waals surface area (Å²) in [6, 6.07) is 11.3. The van der Waals surface area contributed by atoms with Gasteiger partial charge in [0, 0.05) is 28.6 Å². The molecule has 4 heterocycles. The van der Waals surface area contributed by atoms with Crippen LogP contribution in [0.25, 0.3) is 36.5 Å². The molecule has 0 fully saturated rings. The lowest BCUT2D eigenvalue weighted by Crippen LogP contribution is -1.97. The summed E-state index contributed by atoms with van der Waals surface area (Å²) < 4.78 is 14.4. The zero-order valence-corrected chi connectivity index (χ0v) is 22.0. The molecule has 0 saturated carbocycles. The van der Waals surface area contributed by atoms with Crippen LogP contribution in [0.4, 0.5) is 0 Å². The van der Waals surface area contributed by atoms with Gasteiger partial charge in [0.2, 0.25) is 4.96 Å². The monoisotopic (exact) mass is 533 g/mol. The standard InChI is InChI=1S/C25H19N5O3S3/c1-13(31)15-4-6-16(7-5-15)23-26-17(12-34-23)11-33-21-9-18(32-3)8-19-22(21)36-24(27-19)20-10-30-25(28-20)35-14(2)29-30/h4-10,12H,11H2,1-3H3. The molecule has 0 amide bonds. The highest BCUT2D eigenvalue weighted by molar-refractivity contribution is 7.22. The van der Waals surface area contributed by atoms with E-state index in [2.05, 4.69) is 10.1 Å². The van der Waals surface area contributed by atoms with Crippen molar-refractivity contribution >= 4 is 55.0 Å². The first-order chi connectivity index (χ1) is 17.5. The van der Waals surface area contributed by atoms with Gasteiger partial charge in [-0.3, -0.25) is 4.79 Å². The average molecular weight is 534 g/mol. The molecule has 8 nitrogen and oxygen atoms in total. The molecule has 0 spiro atoms. The van der Waals surface area contributed by atoms with Crippen LogP contribution < -0.4 is 9.47 Å². The Hall–Kier alpha value is -3.67. The zero-order chi connectivity index (χ0) is 24.8. The minimum absolute atomic E-state index is 0.0464. The summed E-state index contributed by atoms with van der Waals surface area (Å²) in [6.07, 6.45) is 1.90. The Balaban J connectivity index is 1.26. The maximum atomic E-state index is 11.5. The van der Waals surface area contributed by atoms with E-state index in [4.69, 9.17) is 19.4 Å². The fourth-order valence-corrected chi connectivity index (χ4v) is 6.22. The third-order valence-corrected chi connectivity index (χ3v) is 8.38. The molecule has 0 aliphatic heterocycles. The van der Waals surface area contributed by atoms with Gasteiger partial charge in [0.1, 0.15) is 38.8 Å². The van der Waals surface area contributed by atoms with Crippen molar-refractivity contribution in [2.45, 2.75) is 20.5 Å². The Morgan fingerprint density at radius 1 is 1.06 bits per heavy atom. The third kappa shape index (κ3) is 4.25. The Bertz CT molecular complexity index is 1700. The Labute approximate surface area is 217 Å². The normalized spacial score (nSPS) is 11.4. The lowest BCUT2D eigenvalue weighted by molar-refractivity contribution is 0.101. The number of methoxy groups -OCH3 is 1. The van der Waals surface area contributed by atoms with Crippen LogP contribution >= 0.6 is 34.0 Å². The van der Waals surface area contributed by atoms with Gasteiger partial charge in [-0.05, 0) is 13.8 Å². The van der Waals surface area contributed by atoms with Gasteiger partial charge in [0.25, 0.3) is 0 Å². The number of Topliss-reactive ketones (excluding diaryl/α,β-unsaturated/α-hetero) is 1. The lowest BCUT2D eigenvalue weighted by Gasteiger charge is -2.07. The number of aryl methyl sites for hydroxylation is 1. The van der Waals surface area contributed by atoms with E-state index in [1.807, 2.05) is 54.9 Å². The largest absolute Gasteiger partial charge is 0.497 e. The molecular formula is C25H19N5O3S3. The number of hydrogen-bond donors (Lipinski definition) is 0. The van der Waals surface area contributed by atoms with E-state index in [0.29, 0.717) is 23.7 Å². The van der Waals surface area contributed by atoms with Crippen LogP contribution in [-0.2, 0) is 6.61 Å². The van der Waals surface area contributed by atoms with Crippen LogP contribution in [0.5, 0.6) is 11.5 Å². The summed E-state index contributed by atoms with van der Waals surface area (Å²) in [5.74, 6) is 1.40. The minimum atomic E-state index is 0.0464. The number of thiazole rings is 2. The molecule has 0 radical (unpaired) electrons. The fraction of sp³-hybridized carbons (Fsp3) is 0.160. The highest BCUT2D eigenvalue weighted by atomic mass is 32.1. The molecule has 0 unspecified atom stereocenters. The fourth-order valence-electron chi connectivity index (χ4n) is 3.72. The van der Waals surface area contributed by atoms with Crippen LogP contribution in [0.15, 0.2) is 48.0 Å². The number of ether oxygens (including phenoxy) is 2. The van der Waals surface area contributed by atoms with Crippen LogP contribution in [0.3, 0.4) is 0 Å². The van der Waals surface area contributed by atoms with Crippen LogP contribution in [0.1, 0.15) is 28.0 Å². The first-order valence-electron chi connectivity index (χ1n) is 11.0. The van der Waals surface area contributed by atoms with Crippen LogP contribution in [0.2, 0.25) is 0 Å². The van der Waals surface area contributed by atoms with Gasteiger partial charge in [-0.2, -0.15) is 5.10 Å². The van der Waals surface area contributed by atoms with Gasteiger partial charge in [-0.1, -0.05) is 35.6 Å². The van der Waals surface area contributed by atoms with Crippen molar-refractivity contribution in [1.29, 1.82) is 0 Å². The molecule has 4 aromatic heterocycles. The first-order valence-corrected chi connectivity index (χ1v) is 13.5. The van der Waals surface area contributed by atoms with E-state index in [-0.39, 0.29) is 5.78 Å². The number of aromatic nitrogens is 5. The maximum absolute atomic E-state index is 11.5. The molecule has 0 bridgehead atoms. The lowest BCUT2D eigenvalue weighted by atomic mass is 10.1. The number of hydrogen-bond acceptors (Lipinski definition) is 10. The number of ketones is 1. The van der Waals surface area contributed by atoms with E-state index >= 15 is 0 Å². The zero-order valence-electron chi connectivity index (χ0n) is 19.5. The van der Waals surface area contributed by atoms with Gasteiger partial charge >= 0.3 is 0 Å². The molecule has 0 aliphatic carbocycles. The maximum Gasteiger partial charge on any atom is 0.212 e. The molecule has 180 valence electrons. The summed E-state index contributed by atoms with van der Waals surface area (Å²) in [5, 5.41) is 9.06. The van der Waals surface area contributed by atoms with Crippen molar-refractivity contribution in [3.05, 3.63) is 64.2 Å². The second kappa shape index (κ2) is 9.08. The van der Waals surface area contributed by atoms with E-state index in [9.17, 15) is 4.79 Å². The highest BCUT2D eigenvalue weighted by Crippen LogP contribution is 2.39. The predicted octanol–water partition coefficient (Wildman–Crippen LogP) is 6.29. The molecule has 0 N–H and O–H groups in total. The van der Waals surface area contributed by atoms with Crippen molar-refractivity contribution in [1.82, 2.24) is 24.6 Å². The minimum Gasteiger partial charge on any atom is -0.497 e. The molecule has 0 aliphatic rings. The molecule has 6 rings (SSSR count). The summed E-state index contributed by atoms with van der Waals surface area (Å²) >= 11 is 4.61. The summed E-state index contributed by atoms with van der Waals surface area (Å²) in [4.78, 5) is 26.6. The van der Waals surface area contributed by atoms with E-state index in [1.165, 1.54) is 11.3 Å². The number of carbonyl (C=O) groups is 1. The molecule has 2 aromatic carbocycles. The second-order valence-corrected chi connectivity index (χ2v) is 11.1. The van der Waals surface area contributed by atoms with Gasteiger partial charge in [-0.15, -0.1) is 22.7 Å². The smallest absolute Gasteiger partial charge is 0.212 e. The van der Waals surface area contributed by atoms with E-state index in [1.54, 1.807) is 41.2 Å². The highest BCUT2D eigenvalue weighted by Gasteiger charge is 2.17. The summed E-state index contributed by atoms with van der Waals surface area (Å²) in [6.45, 7) is 3.83. The molecule has 11 heteroatoms. The van der Waals surface area contributed by atoms with Gasteiger partial charge in [-0.25, -0.2) is 19.5 Å². The molecule has 6 aromatic rings. The molecule has 0 saturated heterocycles. The van der Waals surface area contributed by atoms with Crippen molar-refractivity contribution in [3.63, 3.8) is 0 Å². The van der Waals surface area contributed by atoms with Crippen LogP contribution in [0, 0.1) is 6.92 Å². The van der Waals surface area contributed by atoms with E-state index in [0.717, 1.165) is 47.2 Å². The predicted molar refractivity (Wildman–Crippen MR) is 143 cm³/mol. The van der Waals surface area contributed by atoms with Crippen molar-refractivity contribution in [2.24, 2.45) is 0 Å². The summed E-state index contributed by atoms with van der Waals surface area (Å²) in [7, 11) is 1.62. The van der Waals surface area contributed by atoms with Crippen molar-refractivity contribution in [3.8, 4) is 32.8 Å². The Kier molecular flexibility index (Phi) is 5.75. The third-order valence-electron chi connectivity index (χ3n) is 5.49. The number of rotatable bonds is 7. The van der Waals surface area contributed by atoms with Gasteiger partial charge < -0.3 is 9.47 Å².